The molecule has 1 aliphatic carbocycles. The number of rotatable bonds is 5. The highest BCUT2D eigenvalue weighted by atomic mass is 32.1. The number of aromatic nitrogens is 2. The van der Waals surface area contributed by atoms with E-state index in [1.165, 1.54) is 17.8 Å². The minimum atomic E-state index is 0.632. The van der Waals surface area contributed by atoms with Crippen molar-refractivity contribution in [2.24, 2.45) is 5.92 Å². The lowest BCUT2D eigenvalue weighted by Crippen LogP contribution is -2.32. The standard InChI is InChI=1S/C10H17N3S/c1-3-11-9(8-4-5-8)6-10-13-12-7(2)14-10/h8-9,11H,3-6H2,1-2H3. The summed E-state index contributed by atoms with van der Waals surface area (Å²) in [5.41, 5.74) is 0. The predicted molar refractivity (Wildman–Crippen MR) is 58.5 cm³/mol. The van der Waals surface area contributed by atoms with Gasteiger partial charge in [-0.05, 0) is 32.2 Å². The minimum Gasteiger partial charge on any atom is -0.314 e. The maximum Gasteiger partial charge on any atom is 0.119 e. The fourth-order valence-electron chi connectivity index (χ4n) is 1.77. The lowest BCUT2D eigenvalue weighted by atomic mass is 10.1. The molecule has 0 saturated heterocycles. The molecule has 0 aromatic carbocycles. The first-order valence-corrected chi connectivity index (χ1v) is 6.13. The third kappa shape index (κ3) is 2.51. The van der Waals surface area contributed by atoms with Crippen molar-refractivity contribution < 1.29 is 0 Å². The van der Waals surface area contributed by atoms with Crippen molar-refractivity contribution in [3.63, 3.8) is 0 Å². The quantitative estimate of drug-likeness (QED) is 0.806. The van der Waals surface area contributed by atoms with Crippen molar-refractivity contribution in [2.45, 2.75) is 39.2 Å². The Bertz CT molecular complexity index is 293. The van der Waals surface area contributed by atoms with Gasteiger partial charge in [0.25, 0.3) is 0 Å². The Kier molecular flexibility index (Phi) is 3.13. The molecule has 78 valence electrons. The van der Waals surface area contributed by atoms with Crippen LogP contribution in [0.1, 0.15) is 29.8 Å². The summed E-state index contributed by atoms with van der Waals surface area (Å²) in [6.45, 7) is 5.24. The average molecular weight is 211 g/mol. The zero-order chi connectivity index (χ0) is 9.97. The molecular weight excluding hydrogens is 194 g/mol. The third-order valence-electron chi connectivity index (χ3n) is 2.62. The van der Waals surface area contributed by atoms with Gasteiger partial charge in [-0.3, -0.25) is 0 Å². The van der Waals surface area contributed by atoms with Gasteiger partial charge in [-0.1, -0.05) is 6.92 Å². The van der Waals surface area contributed by atoms with Crippen LogP contribution in [0, 0.1) is 12.8 Å². The summed E-state index contributed by atoms with van der Waals surface area (Å²) < 4.78 is 0. The highest BCUT2D eigenvalue weighted by molar-refractivity contribution is 7.11. The van der Waals surface area contributed by atoms with Crippen molar-refractivity contribution >= 4 is 11.3 Å². The Labute approximate surface area is 88.9 Å². The zero-order valence-electron chi connectivity index (χ0n) is 8.79. The monoisotopic (exact) mass is 211 g/mol. The molecule has 1 fully saturated rings. The first-order valence-electron chi connectivity index (χ1n) is 5.32. The molecule has 1 unspecified atom stereocenters. The van der Waals surface area contributed by atoms with E-state index in [4.69, 9.17) is 0 Å². The molecule has 0 aliphatic heterocycles. The molecule has 0 radical (unpaired) electrons. The van der Waals surface area contributed by atoms with Crippen LogP contribution in [0.4, 0.5) is 0 Å². The van der Waals surface area contributed by atoms with Crippen molar-refractivity contribution in [2.75, 3.05) is 6.54 Å². The Morgan fingerprint density at radius 1 is 1.50 bits per heavy atom. The van der Waals surface area contributed by atoms with E-state index in [0.717, 1.165) is 23.9 Å². The van der Waals surface area contributed by atoms with Crippen LogP contribution in [0.15, 0.2) is 0 Å². The summed E-state index contributed by atoms with van der Waals surface area (Å²) in [5, 5.41) is 14.0. The summed E-state index contributed by atoms with van der Waals surface area (Å²) in [6, 6.07) is 0.632. The molecule has 0 amide bonds. The normalized spacial score (nSPS) is 18.4. The first kappa shape index (κ1) is 10.1. The second-order valence-electron chi connectivity index (χ2n) is 3.92. The SMILES string of the molecule is CCNC(Cc1nnc(C)s1)C1CC1. The number of nitrogens with one attached hydrogen (secondary N) is 1. The van der Waals surface area contributed by atoms with Gasteiger partial charge in [-0.2, -0.15) is 0 Å². The van der Waals surface area contributed by atoms with Gasteiger partial charge >= 0.3 is 0 Å². The molecule has 2 rings (SSSR count). The van der Waals surface area contributed by atoms with Gasteiger partial charge in [0, 0.05) is 12.5 Å². The van der Waals surface area contributed by atoms with Crippen LogP contribution >= 0.6 is 11.3 Å². The molecule has 1 atom stereocenters. The summed E-state index contributed by atoms with van der Waals surface area (Å²) in [6.07, 6.45) is 3.83. The van der Waals surface area contributed by atoms with Crippen LogP contribution in [0.25, 0.3) is 0 Å². The predicted octanol–water partition coefficient (Wildman–Crippen LogP) is 1.78. The lowest BCUT2D eigenvalue weighted by Gasteiger charge is -2.14. The van der Waals surface area contributed by atoms with Gasteiger partial charge in [-0.25, -0.2) is 0 Å². The van der Waals surface area contributed by atoms with Crippen LogP contribution in [0.2, 0.25) is 0 Å². The Morgan fingerprint density at radius 3 is 2.79 bits per heavy atom. The summed E-state index contributed by atoms with van der Waals surface area (Å²) >= 11 is 1.72. The number of hydrogen-bond acceptors (Lipinski definition) is 4. The van der Waals surface area contributed by atoms with E-state index in [1.54, 1.807) is 11.3 Å². The van der Waals surface area contributed by atoms with E-state index in [9.17, 15) is 0 Å². The fourth-order valence-corrected chi connectivity index (χ4v) is 2.54. The van der Waals surface area contributed by atoms with Crippen LogP contribution in [-0.2, 0) is 6.42 Å². The van der Waals surface area contributed by atoms with Crippen molar-refractivity contribution in [1.82, 2.24) is 15.5 Å². The lowest BCUT2D eigenvalue weighted by molar-refractivity contribution is 0.470. The molecule has 1 heterocycles. The fraction of sp³-hybridized carbons (Fsp3) is 0.800. The van der Waals surface area contributed by atoms with Gasteiger partial charge in [-0.15, -0.1) is 21.5 Å². The van der Waals surface area contributed by atoms with Crippen LogP contribution in [0.5, 0.6) is 0 Å². The molecule has 0 spiro atoms. The maximum atomic E-state index is 4.18. The molecule has 1 aromatic rings. The molecular formula is C10H17N3S. The molecule has 1 N–H and O–H groups in total. The average Bonchev–Trinajstić information content (AvgIpc) is 2.91. The van der Waals surface area contributed by atoms with E-state index < -0.39 is 0 Å². The Hall–Kier alpha value is -0.480. The van der Waals surface area contributed by atoms with Crippen molar-refractivity contribution in [3.05, 3.63) is 10.0 Å². The molecule has 1 aromatic heterocycles. The smallest absolute Gasteiger partial charge is 0.119 e. The van der Waals surface area contributed by atoms with Crippen LogP contribution < -0.4 is 5.32 Å². The van der Waals surface area contributed by atoms with Gasteiger partial charge in [0.15, 0.2) is 0 Å². The van der Waals surface area contributed by atoms with Gasteiger partial charge < -0.3 is 5.32 Å². The van der Waals surface area contributed by atoms with Gasteiger partial charge in [0.1, 0.15) is 10.0 Å². The van der Waals surface area contributed by atoms with E-state index in [0.29, 0.717) is 6.04 Å². The topological polar surface area (TPSA) is 37.8 Å². The molecule has 14 heavy (non-hydrogen) atoms. The highest BCUT2D eigenvalue weighted by Crippen LogP contribution is 2.34. The third-order valence-corrected chi connectivity index (χ3v) is 3.48. The molecule has 1 aliphatic rings. The molecule has 3 nitrogen and oxygen atoms in total. The number of likely N-dealkylation sites (N-methyl/N-ethyl adjacent to an activating group) is 1. The van der Waals surface area contributed by atoms with E-state index >= 15 is 0 Å². The van der Waals surface area contributed by atoms with Crippen LogP contribution in [-0.4, -0.2) is 22.8 Å². The number of hydrogen-bond donors (Lipinski definition) is 1. The first-order chi connectivity index (χ1) is 6.79. The minimum absolute atomic E-state index is 0.632. The summed E-state index contributed by atoms with van der Waals surface area (Å²) in [5.74, 6) is 0.888. The Balaban J connectivity index is 1.92. The summed E-state index contributed by atoms with van der Waals surface area (Å²) in [7, 11) is 0. The highest BCUT2D eigenvalue weighted by Gasteiger charge is 2.31. The van der Waals surface area contributed by atoms with E-state index in [1.807, 2.05) is 6.92 Å². The maximum absolute atomic E-state index is 4.18. The number of nitrogens with zero attached hydrogens (tertiary/aromatic N) is 2. The number of aryl methyl sites for hydroxylation is 1. The van der Waals surface area contributed by atoms with Crippen LogP contribution in [0.3, 0.4) is 0 Å². The van der Waals surface area contributed by atoms with Crippen molar-refractivity contribution in [1.29, 1.82) is 0 Å². The van der Waals surface area contributed by atoms with Crippen molar-refractivity contribution in [3.8, 4) is 0 Å². The van der Waals surface area contributed by atoms with Gasteiger partial charge in [0.2, 0.25) is 0 Å². The largest absolute Gasteiger partial charge is 0.314 e. The molecule has 1 saturated carbocycles. The summed E-state index contributed by atoms with van der Waals surface area (Å²) in [4.78, 5) is 0. The van der Waals surface area contributed by atoms with E-state index in [-0.39, 0.29) is 0 Å². The molecule has 0 bridgehead atoms. The van der Waals surface area contributed by atoms with Gasteiger partial charge in [0.05, 0.1) is 0 Å². The Morgan fingerprint density at radius 2 is 2.29 bits per heavy atom. The zero-order valence-corrected chi connectivity index (χ0v) is 9.60. The van der Waals surface area contributed by atoms with E-state index in [2.05, 4.69) is 22.4 Å². The second-order valence-corrected chi connectivity index (χ2v) is 5.19. The second kappa shape index (κ2) is 4.36. The molecule has 4 heteroatoms.